The van der Waals surface area contributed by atoms with E-state index in [0.717, 1.165) is 0 Å². The Morgan fingerprint density at radius 1 is 1.11 bits per heavy atom. The predicted octanol–water partition coefficient (Wildman–Crippen LogP) is 1.05. The molecule has 2 aromatic heterocycles. The second-order valence-electron chi connectivity index (χ2n) is 6.41. The molecule has 1 aliphatic rings. The van der Waals surface area contributed by atoms with Gasteiger partial charge in [-0.1, -0.05) is 12.1 Å². The molecule has 3 heterocycles. The van der Waals surface area contributed by atoms with E-state index in [1.807, 2.05) is 0 Å². The lowest BCUT2D eigenvalue weighted by Gasteiger charge is -2.16. The Morgan fingerprint density at radius 3 is 2.57 bits per heavy atom. The van der Waals surface area contributed by atoms with E-state index in [0.29, 0.717) is 30.4 Å². The fourth-order valence-corrected chi connectivity index (χ4v) is 3.02. The highest BCUT2D eigenvalue weighted by Gasteiger charge is 2.33. The molecule has 0 radical (unpaired) electrons. The van der Waals surface area contributed by atoms with Gasteiger partial charge in [-0.05, 0) is 18.2 Å². The lowest BCUT2D eigenvalue weighted by Crippen LogP contribution is -2.43. The average molecular weight is 380 g/mol. The molecule has 1 saturated heterocycles. The second kappa shape index (κ2) is 7.65. The lowest BCUT2D eigenvalue weighted by molar-refractivity contribution is 0.0888. The number of aliphatic hydroxyl groups is 1. The number of nitrogens with one attached hydrogen (secondary N) is 1. The van der Waals surface area contributed by atoms with Crippen LogP contribution in [0.15, 0.2) is 55.1 Å². The molecule has 28 heavy (non-hydrogen) atoms. The van der Waals surface area contributed by atoms with Gasteiger partial charge in [-0.2, -0.15) is 0 Å². The van der Waals surface area contributed by atoms with Crippen LogP contribution >= 0.6 is 0 Å². The number of β-amino-alcohol motifs (C(OH)–C–C–N with tert-alkyl or cyclic N) is 1. The smallest absolute Gasteiger partial charge is 0.254 e. The molecule has 2 atom stereocenters. The first kappa shape index (κ1) is 17.9. The lowest BCUT2D eigenvalue weighted by atomic mass is 10.2. The van der Waals surface area contributed by atoms with Crippen LogP contribution in [-0.2, 0) is 0 Å². The summed E-state index contributed by atoms with van der Waals surface area (Å²) in [6.45, 7) is 0.711. The number of rotatable bonds is 4. The summed E-state index contributed by atoms with van der Waals surface area (Å²) in [4.78, 5) is 30.9. The maximum atomic E-state index is 13.3. The van der Waals surface area contributed by atoms with E-state index >= 15 is 0 Å². The van der Waals surface area contributed by atoms with E-state index in [9.17, 15) is 14.3 Å². The van der Waals surface area contributed by atoms with Crippen LogP contribution in [0.5, 0.6) is 0 Å². The van der Waals surface area contributed by atoms with Crippen molar-refractivity contribution < 1.29 is 14.3 Å². The number of hydrogen-bond donors (Lipinski definition) is 2. The monoisotopic (exact) mass is 380 g/mol. The summed E-state index contributed by atoms with van der Waals surface area (Å²) in [5.74, 6) is 0.0428. The molecule has 3 aromatic rings. The molecular formula is C19H17FN6O2. The Morgan fingerprint density at radius 2 is 1.86 bits per heavy atom. The van der Waals surface area contributed by atoms with Crippen molar-refractivity contribution in [1.82, 2.24) is 25.3 Å². The number of carbonyl (C=O) groups is 1. The number of anilines is 1. The SMILES string of the molecule is O=C(N[C@H]1CN(c2ncccn2)C[C@H]1O)c1cnc(-c2cccc(F)c2)nc1. The highest BCUT2D eigenvalue weighted by molar-refractivity contribution is 5.94. The first-order valence-corrected chi connectivity index (χ1v) is 8.69. The van der Waals surface area contributed by atoms with Crippen molar-refractivity contribution in [2.75, 3.05) is 18.0 Å². The molecule has 1 amide bonds. The third kappa shape index (κ3) is 3.79. The second-order valence-corrected chi connectivity index (χ2v) is 6.41. The van der Waals surface area contributed by atoms with Crippen molar-refractivity contribution >= 4 is 11.9 Å². The van der Waals surface area contributed by atoms with E-state index in [1.54, 1.807) is 35.5 Å². The normalized spacial score (nSPS) is 18.9. The number of benzene rings is 1. The van der Waals surface area contributed by atoms with Crippen LogP contribution in [0, 0.1) is 5.82 Å². The van der Waals surface area contributed by atoms with Gasteiger partial charge < -0.3 is 15.3 Å². The zero-order chi connectivity index (χ0) is 19.5. The number of amides is 1. The standard InChI is InChI=1S/C19H17FN6O2/c20-14-4-1-3-12(7-14)17-23-8-13(9-24-17)18(28)25-15-10-26(11-16(15)27)19-21-5-2-6-22-19/h1-9,15-16,27H,10-11H2,(H,25,28)/t15-,16+/m0/s1. The van der Waals surface area contributed by atoms with E-state index in [4.69, 9.17) is 0 Å². The van der Waals surface area contributed by atoms with Crippen LogP contribution in [0.1, 0.15) is 10.4 Å². The van der Waals surface area contributed by atoms with Crippen molar-refractivity contribution in [2.45, 2.75) is 12.1 Å². The molecule has 8 nitrogen and oxygen atoms in total. The minimum atomic E-state index is -0.750. The molecule has 1 aromatic carbocycles. The highest BCUT2D eigenvalue weighted by Crippen LogP contribution is 2.17. The van der Waals surface area contributed by atoms with Crippen LogP contribution < -0.4 is 10.2 Å². The van der Waals surface area contributed by atoms with Crippen molar-refractivity contribution in [1.29, 1.82) is 0 Å². The van der Waals surface area contributed by atoms with E-state index in [-0.39, 0.29) is 11.4 Å². The van der Waals surface area contributed by atoms with Gasteiger partial charge in [-0.15, -0.1) is 0 Å². The summed E-state index contributed by atoms with van der Waals surface area (Å²) in [7, 11) is 0. The van der Waals surface area contributed by atoms with Gasteiger partial charge in [0, 0.05) is 43.4 Å². The molecule has 9 heteroatoms. The van der Waals surface area contributed by atoms with Crippen molar-refractivity contribution in [2.24, 2.45) is 0 Å². The van der Waals surface area contributed by atoms with Crippen molar-refractivity contribution in [3.63, 3.8) is 0 Å². The quantitative estimate of drug-likeness (QED) is 0.697. The molecule has 0 spiro atoms. The van der Waals surface area contributed by atoms with Gasteiger partial charge in [0.15, 0.2) is 5.82 Å². The Bertz CT molecular complexity index is 970. The number of carbonyl (C=O) groups excluding carboxylic acids is 1. The van der Waals surface area contributed by atoms with E-state index in [2.05, 4.69) is 25.3 Å². The summed E-state index contributed by atoms with van der Waals surface area (Å²) in [6.07, 6.45) is 5.25. The molecule has 2 N–H and O–H groups in total. The number of halogens is 1. The van der Waals surface area contributed by atoms with Crippen molar-refractivity contribution in [3.8, 4) is 11.4 Å². The number of hydrogen-bond acceptors (Lipinski definition) is 7. The van der Waals surface area contributed by atoms with Gasteiger partial charge in [-0.25, -0.2) is 24.3 Å². The van der Waals surface area contributed by atoms with E-state index < -0.39 is 18.1 Å². The third-order valence-corrected chi connectivity index (χ3v) is 4.44. The Hall–Kier alpha value is -3.46. The average Bonchev–Trinajstić information content (AvgIpc) is 3.09. The molecule has 0 unspecified atom stereocenters. The molecule has 142 valence electrons. The number of nitrogens with zero attached hydrogens (tertiary/aromatic N) is 5. The van der Waals surface area contributed by atoms with Gasteiger partial charge in [0.2, 0.25) is 5.95 Å². The van der Waals surface area contributed by atoms with Crippen LogP contribution in [-0.4, -0.2) is 56.2 Å². The van der Waals surface area contributed by atoms with Gasteiger partial charge in [0.1, 0.15) is 5.82 Å². The maximum Gasteiger partial charge on any atom is 0.254 e. The fourth-order valence-electron chi connectivity index (χ4n) is 3.02. The fraction of sp³-hybridized carbons (Fsp3) is 0.211. The Labute approximate surface area is 160 Å². The molecule has 0 bridgehead atoms. The summed E-state index contributed by atoms with van der Waals surface area (Å²) in [5, 5.41) is 13.0. The highest BCUT2D eigenvalue weighted by atomic mass is 19.1. The van der Waals surface area contributed by atoms with Crippen LogP contribution in [0.2, 0.25) is 0 Å². The van der Waals surface area contributed by atoms with Crippen LogP contribution in [0.3, 0.4) is 0 Å². The topological polar surface area (TPSA) is 104 Å². The molecule has 1 fully saturated rings. The zero-order valence-corrected chi connectivity index (χ0v) is 14.7. The Balaban J connectivity index is 1.42. The summed E-state index contributed by atoms with van der Waals surface area (Å²) >= 11 is 0. The third-order valence-electron chi connectivity index (χ3n) is 4.44. The Kier molecular flexibility index (Phi) is 4.90. The molecule has 0 saturated carbocycles. The minimum absolute atomic E-state index is 0.252. The predicted molar refractivity (Wildman–Crippen MR) is 98.9 cm³/mol. The first-order chi connectivity index (χ1) is 13.6. The summed E-state index contributed by atoms with van der Waals surface area (Å²) in [5.41, 5.74) is 0.776. The van der Waals surface area contributed by atoms with Gasteiger partial charge >= 0.3 is 0 Å². The van der Waals surface area contributed by atoms with Gasteiger partial charge in [-0.3, -0.25) is 4.79 Å². The number of aromatic nitrogens is 4. The van der Waals surface area contributed by atoms with Gasteiger partial charge in [0.05, 0.1) is 17.7 Å². The van der Waals surface area contributed by atoms with Gasteiger partial charge in [0.25, 0.3) is 5.91 Å². The van der Waals surface area contributed by atoms with Crippen LogP contribution in [0.25, 0.3) is 11.4 Å². The largest absolute Gasteiger partial charge is 0.389 e. The molecule has 1 aliphatic heterocycles. The molecule has 0 aliphatic carbocycles. The number of aliphatic hydroxyl groups excluding tert-OH is 1. The molecule has 4 rings (SSSR count). The maximum absolute atomic E-state index is 13.3. The first-order valence-electron chi connectivity index (χ1n) is 8.69. The summed E-state index contributed by atoms with van der Waals surface area (Å²) in [6, 6.07) is 7.15. The van der Waals surface area contributed by atoms with Crippen molar-refractivity contribution in [3.05, 3.63) is 66.5 Å². The zero-order valence-electron chi connectivity index (χ0n) is 14.7. The minimum Gasteiger partial charge on any atom is -0.389 e. The molecular weight excluding hydrogens is 363 g/mol. The summed E-state index contributed by atoms with van der Waals surface area (Å²) < 4.78 is 13.3. The van der Waals surface area contributed by atoms with E-state index in [1.165, 1.54) is 24.5 Å². The van der Waals surface area contributed by atoms with Crippen LogP contribution in [0.4, 0.5) is 10.3 Å².